The molecule has 3 heterocycles. The summed E-state index contributed by atoms with van der Waals surface area (Å²) in [7, 11) is 0. The van der Waals surface area contributed by atoms with Crippen LogP contribution in [0.5, 0.6) is 0 Å². The molecule has 2 atom stereocenters. The molecule has 2 aliphatic rings. The lowest BCUT2D eigenvalue weighted by atomic mass is 9.81. The maximum absolute atomic E-state index is 13.1. The monoisotopic (exact) mass is 374 g/mol. The Morgan fingerprint density at radius 2 is 2.04 bits per heavy atom. The molecule has 134 valence electrons. The molecular weight excluding hydrogens is 356 g/mol. The van der Waals surface area contributed by atoms with Gasteiger partial charge in [0.25, 0.3) is 0 Å². The Hall–Kier alpha value is -2.99. The third kappa shape index (κ3) is 2.92. The molecule has 0 saturated carbocycles. The van der Waals surface area contributed by atoms with Crippen molar-refractivity contribution < 1.29 is 4.79 Å². The second-order valence-electron chi connectivity index (χ2n) is 6.80. The Labute approximate surface area is 161 Å². The lowest BCUT2D eigenvalue weighted by Crippen LogP contribution is -2.32. The molecule has 27 heavy (non-hydrogen) atoms. The minimum Gasteiger partial charge on any atom is -0.328 e. The molecule has 2 aromatic heterocycles. The van der Waals surface area contributed by atoms with Gasteiger partial charge in [-0.05, 0) is 23.4 Å². The number of carbonyl (C=O) groups is 1. The number of nitrogens with zero attached hydrogens (tertiary/aromatic N) is 3. The molecule has 1 N–H and O–H groups in total. The molecule has 0 unspecified atom stereocenters. The van der Waals surface area contributed by atoms with Gasteiger partial charge < -0.3 is 5.32 Å². The summed E-state index contributed by atoms with van der Waals surface area (Å²) in [4.78, 5) is 18.7. The first-order chi connectivity index (χ1) is 13.3. The van der Waals surface area contributed by atoms with Gasteiger partial charge in [-0.3, -0.25) is 4.79 Å². The van der Waals surface area contributed by atoms with Gasteiger partial charge in [0.15, 0.2) is 5.78 Å². The van der Waals surface area contributed by atoms with Gasteiger partial charge in [0.05, 0.1) is 0 Å². The molecule has 0 amide bonds. The number of carbonyl (C=O) groups excluding carboxylic acids is 1. The number of ketones is 1. The van der Waals surface area contributed by atoms with Crippen molar-refractivity contribution in [3.63, 3.8) is 0 Å². The predicted molar refractivity (Wildman–Crippen MR) is 106 cm³/mol. The fourth-order valence-corrected chi connectivity index (χ4v) is 4.69. The molecule has 0 spiro atoms. The summed E-state index contributed by atoms with van der Waals surface area (Å²) in [6, 6.07) is 14.0. The second-order valence-corrected chi connectivity index (χ2v) is 7.78. The highest BCUT2D eigenvalue weighted by Gasteiger charge is 2.37. The molecule has 1 aliphatic heterocycles. The van der Waals surface area contributed by atoms with Gasteiger partial charge in [0.1, 0.15) is 12.4 Å². The van der Waals surface area contributed by atoms with Crippen molar-refractivity contribution in [2.75, 3.05) is 5.32 Å². The van der Waals surface area contributed by atoms with Crippen molar-refractivity contribution in [3.05, 3.63) is 82.0 Å². The third-order valence-electron chi connectivity index (χ3n) is 5.12. The molecular formula is C21H18N4OS. The van der Waals surface area contributed by atoms with Crippen molar-refractivity contribution in [2.45, 2.75) is 24.8 Å². The van der Waals surface area contributed by atoms with Crippen molar-refractivity contribution in [1.29, 1.82) is 0 Å². The predicted octanol–water partition coefficient (Wildman–Crippen LogP) is 4.42. The summed E-state index contributed by atoms with van der Waals surface area (Å²) >= 11 is 1.72. The summed E-state index contributed by atoms with van der Waals surface area (Å²) in [5.74, 6) is 1.11. The highest BCUT2D eigenvalue weighted by Crippen LogP contribution is 2.42. The van der Waals surface area contributed by atoms with Crippen LogP contribution in [0.4, 0.5) is 5.95 Å². The number of hydrogen-bond acceptors (Lipinski definition) is 5. The van der Waals surface area contributed by atoms with E-state index < -0.39 is 0 Å². The van der Waals surface area contributed by atoms with Crippen LogP contribution in [0.2, 0.25) is 0 Å². The SMILES string of the molecule is O=C1C[C@@H](c2cccs2)CC2=C1[C@@H](/C=C/c1ccccc1)n1ncnc1N2. The van der Waals surface area contributed by atoms with Crippen LogP contribution in [0.15, 0.2) is 71.5 Å². The van der Waals surface area contributed by atoms with Gasteiger partial charge >= 0.3 is 0 Å². The highest BCUT2D eigenvalue weighted by molar-refractivity contribution is 7.10. The summed E-state index contributed by atoms with van der Waals surface area (Å²) in [6.45, 7) is 0. The number of aromatic nitrogens is 3. The summed E-state index contributed by atoms with van der Waals surface area (Å²) in [5.41, 5.74) is 2.89. The van der Waals surface area contributed by atoms with E-state index in [9.17, 15) is 4.79 Å². The van der Waals surface area contributed by atoms with E-state index in [0.717, 1.165) is 23.3 Å². The minimum absolute atomic E-state index is 0.186. The zero-order chi connectivity index (χ0) is 18.2. The summed E-state index contributed by atoms with van der Waals surface area (Å²) in [6.07, 6.45) is 6.99. The van der Waals surface area contributed by atoms with Crippen LogP contribution >= 0.6 is 11.3 Å². The highest BCUT2D eigenvalue weighted by atomic mass is 32.1. The van der Waals surface area contributed by atoms with Crippen molar-refractivity contribution in [2.24, 2.45) is 0 Å². The molecule has 6 heteroatoms. The molecule has 5 rings (SSSR count). The maximum Gasteiger partial charge on any atom is 0.226 e. The number of hydrogen-bond donors (Lipinski definition) is 1. The second kappa shape index (κ2) is 6.63. The van der Waals surface area contributed by atoms with Crippen LogP contribution in [0, 0.1) is 0 Å². The number of Topliss-reactive ketones (excluding diaryl/α,β-unsaturated/α-hetero) is 1. The van der Waals surface area contributed by atoms with E-state index in [1.54, 1.807) is 16.0 Å². The molecule has 5 nitrogen and oxygen atoms in total. The number of anilines is 1. The third-order valence-corrected chi connectivity index (χ3v) is 6.15. The average molecular weight is 374 g/mol. The van der Waals surface area contributed by atoms with E-state index >= 15 is 0 Å². The average Bonchev–Trinajstić information content (AvgIpc) is 3.37. The van der Waals surface area contributed by atoms with E-state index in [-0.39, 0.29) is 17.7 Å². The Bertz CT molecular complexity index is 1030. The van der Waals surface area contributed by atoms with Crippen LogP contribution in [-0.4, -0.2) is 20.5 Å². The first-order valence-corrected chi connectivity index (χ1v) is 9.87. The number of rotatable bonds is 3. The van der Waals surface area contributed by atoms with Crippen molar-refractivity contribution >= 4 is 29.1 Å². The van der Waals surface area contributed by atoms with Gasteiger partial charge in [-0.2, -0.15) is 10.1 Å². The van der Waals surface area contributed by atoms with E-state index in [0.29, 0.717) is 12.4 Å². The van der Waals surface area contributed by atoms with Crippen LogP contribution in [-0.2, 0) is 4.79 Å². The van der Waals surface area contributed by atoms with Gasteiger partial charge in [-0.1, -0.05) is 48.6 Å². The first kappa shape index (κ1) is 16.2. The lowest BCUT2D eigenvalue weighted by Gasteiger charge is -2.33. The standard InChI is InChI=1S/C21H18N4OS/c26-18-12-15(19-7-4-10-27-19)11-16-20(18)17(25-21(24-16)22-13-23-25)9-8-14-5-2-1-3-6-14/h1-10,13,15,17H,11-12H2,(H,22,23,24)/b9-8+/t15-,17+/m0/s1. The maximum atomic E-state index is 13.1. The molecule has 3 aromatic rings. The fourth-order valence-electron chi connectivity index (χ4n) is 3.86. The topological polar surface area (TPSA) is 59.8 Å². The number of fused-ring (bicyclic) bond motifs is 1. The summed E-state index contributed by atoms with van der Waals surface area (Å²) in [5, 5.41) is 9.77. The molecule has 0 fully saturated rings. The molecule has 0 bridgehead atoms. The Kier molecular flexibility index (Phi) is 3.98. The largest absolute Gasteiger partial charge is 0.328 e. The Balaban J connectivity index is 1.53. The van der Waals surface area contributed by atoms with Crippen molar-refractivity contribution in [1.82, 2.24) is 14.8 Å². The van der Waals surface area contributed by atoms with Gasteiger partial charge in [0, 0.05) is 28.5 Å². The van der Waals surface area contributed by atoms with E-state index in [1.807, 2.05) is 48.6 Å². The number of nitrogens with one attached hydrogen (secondary N) is 1. The normalized spacial score (nSPS) is 21.9. The van der Waals surface area contributed by atoms with Crippen LogP contribution in [0.25, 0.3) is 6.08 Å². The van der Waals surface area contributed by atoms with Crippen LogP contribution < -0.4 is 5.32 Å². The number of benzene rings is 1. The van der Waals surface area contributed by atoms with Gasteiger partial charge in [-0.25, -0.2) is 4.68 Å². The van der Waals surface area contributed by atoms with E-state index in [2.05, 4.69) is 26.8 Å². The molecule has 0 saturated heterocycles. The fraction of sp³-hybridized carbons (Fsp3) is 0.190. The van der Waals surface area contributed by atoms with E-state index in [4.69, 9.17) is 0 Å². The first-order valence-electron chi connectivity index (χ1n) is 8.99. The zero-order valence-corrected chi connectivity index (χ0v) is 15.4. The smallest absolute Gasteiger partial charge is 0.226 e. The molecule has 1 aliphatic carbocycles. The minimum atomic E-state index is -0.226. The molecule has 1 aromatic carbocycles. The number of thiophene rings is 1. The van der Waals surface area contributed by atoms with Gasteiger partial charge in [-0.15, -0.1) is 11.3 Å². The quantitative estimate of drug-likeness (QED) is 0.737. The Morgan fingerprint density at radius 3 is 2.85 bits per heavy atom. The van der Waals surface area contributed by atoms with Crippen LogP contribution in [0.1, 0.15) is 35.2 Å². The zero-order valence-electron chi connectivity index (χ0n) is 14.6. The lowest BCUT2D eigenvalue weighted by molar-refractivity contribution is -0.116. The Morgan fingerprint density at radius 1 is 1.15 bits per heavy atom. The van der Waals surface area contributed by atoms with Crippen molar-refractivity contribution in [3.8, 4) is 0 Å². The summed E-state index contributed by atoms with van der Waals surface area (Å²) < 4.78 is 1.79. The van der Waals surface area contributed by atoms with Crippen LogP contribution in [0.3, 0.4) is 0 Å². The van der Waals surface area contributed by atoms with Gasteiger partial charge in [0.2, 0.25) is 5.95 Å². The molecule has 0 radical (unpaired) electrons. The number of allylic oxidation sites excluding steroid dienone is 3. The van der Waals surface area contributed by atoms with E-state index in [1.165, 1.54) is 11.2 Å².